The average molecular weight is 283 g/mol. The summed E-state index contributed by atoms with van der Waals surface area (Å²) in [5, 5.41) is 3.92. The van der Waals surface area contributed by atoms with E-state index in [4.69, 9.17) is 16.3 Å². The van der Waals surface area contributed by atoms with Crippen molar-refractivity contribution in [3.05, 3.63) is 29.3 Å². The van der Waals surface area contributed by atoms with Crippen LogP contribution in [0.15, 0.2) is 24.3 Å². The second-order valence-electron chi connectivity index (χ2n) is 4.99. The molecule has 19 heavy (non-hydrogen) atoms. The third-order valence-corrected chi connectivity index (χ3v) is 3.41. The Morgan fingerprint density at radius 3 is 2.63 bits per heavy atom. The van der Waals surface area contributed by atoms with Crippen molar-refractivity contribution in [3.63, 3.8) is 0 Å². The molecule has 1 aromatic carbocycles. The van der Waals surface area contributed by atoms with E-state index in [1.165, 1.54) is 0 Å². The lowest BCUT2D eigenvalue weighted by molar-refractivity contribution is -0.135. The molecule has 0 saturated carbocycles. The minimum Gasteiger partial charge on any atom is -0.482 e. The van der Waals surface area contributed by atoms with E-state index in [2.05, 4.69) is 19.2 Å². The third-order valence-electron chi connectivity index (χ3n) is 3.10. The molecule has 2 atom stereocenters. The highest BCUT2D eigenvalue weighted by molar-refractivity contribution is 6.32. The maximum atomic E-state index is 12.1. The molecule has 1 amide bonds. The van der Waals surface area contributed by atoms with Crippen molar-refractivity contribution in [2.45, 2.75) is 25.9 Å². The van der Waals surface area contributed by atoms with Crippen LogP contribution in [0.4, 0.5) is 0 Å². The van der Waals surface area contributed by atoms with Crippen LogP contribution in [0.1, 0.15) is 13.8 Å². The van der Waals surface area contributed by atoms with E-state index in [0.717, 1.165) is 13.1 Å². The molecule has 1 saturated heterocycles. The molecule has 4 nitrogen and oxygen atoms in total. The van der Waals surface area contributed by atoms with Gasteiger partial charge in [0.05, 0.1) is 5.02 Å². The van der Waals surface area contributed by atoms with Crippen LogP contribution in [-0.4, -0.2) is 42.6 Å². The second kappa shape index (κ2) is 6.26. The Hall–Kier alpha value is -1.26. The molecule has 1 aliphatic rings. The maximum absolute atomic E-state index is 12.1. The van der Waals surface area contributed by atoms with Crippen LogP contribution in [0.5, 0.6) is 5.75 Å². The van der Waals surface area contributed by atoms with Crippen LogP contribution in [-0.2, 0) is 4.79 Å². The molecule has 0 bridgehead atoms. The summed E-state index contributed by atoms with van der Waals surface area (Å²) in [5.41, 5.74) is 0. The molecule has 0 radical (unpaired) electrons. The monoisotopic (exact) mass is 282 g/mol. The number of benzene rings is 1. The highest BCUT2D eigenvalue weighted by Gasteiger charge is 2.24. The lowest BCUT2D eigenvalue weighted by Crippen LogP contribution is -2.56. The van der Waals surface area contributed by atoms with Crippen molar-refractivity contribution in [1.29, 1.82) is 0 Å². The van der Waals surface area contributed by atoms with Gasteiger partial charge in [0.1, 0.15) is 5.75 Å². The van der Waals surface area contributed by atoms with Crippen molar-refractivity contribution in [2.24, 2.45) is 0 Å². The number of hydrogen-bond acceptors (Lipinski definition) is 3. The summed E-state index contributed by atoms with van der Waals surface area (Å²) in [6.07, 6.45) is 0. The number of nitrogens with zero attached hydrogens (tertiary/aromatic N) is 1. The number of para-hydroxylation sites is 1. The van der Waals surface area contributed by atoms with Gasteiger partial charge in [0.15, 0.2) is 6.61 Å². The first-order valence-electron chi connectivity index (χ1n) is 6.47. The van der Waals surface area contributed by atoms with Gasteiger partial charge in [-0.15, -0.1) is 0 Å². The lowest BCUT2D eigenvalue weighted by Gasteiger charge is -2.36. The molecule has 1 N–H and O–H groups in total. The third kappa shape index (κ3) is 3.85. The smallest absolute Gasteiger partial charge is 0.260 e. The van der Waals surface area contributed by atoms with E-state index in [0.29, 0.717) is 22.9 Å². The minimum absolute atomic E-state index is 0.000111. The molecule has 0 unspecified atom stereocenters. The quantitative estimate of drug-likeness (QED) is 0.921. The predicted molar refractivity (Wildman–Crippen MR) is 75.6 cm³/mol. The maximum Gasteiger partial charge on any atom is 0.260 e. The molecule has 1 aliphatic heterocycles. The summed E-state index contributed by atoms with van der Waals surface area (Å²) in [4.78, 5) is 13.9. The van der Waals surface area contributed by atoms with E-state index in [1.54, 1.807) is 12.1 Å². The Morgan fingerprint density at radius 1 is 1.37 bits per heavy atom. The topological polar surface area (TPSA) is 41.6 Å². The Kier molecular flexibility index (Phi) is 4.66. The second-order valence-corrected chi connectivity index (χ2v) is 5.39. The van der Waals surface area contributed by atoms with Gasteiger partial charge in [-0.1, -0.05) is 23.7 Å². The van der Waals surface area contributed by atoms with Crippen molar-refractivity contribution < 1.29 is 9.53 Å². The molecular weight excluding hydrogens is 264 g/mol. The number of nitrogens with one attached hydrogen (secondary N) is 1. The van der Waals surface area contributed by atoms with Crippen LogP contribution in [0.25, 0.3) is 0 Å². The first-order valence-corrected chi connectivity index (χ1v) is 6.85. The highest BCUT2D eigenvalue weighted by Crippen LogP contribution is 2.23. The fraction of sp³-hybridized carbons (Fsp3) is 0.500. The van der Waals surface area contributed by atoms with Gasteiger partial charge in [-0.2, -0.15) is 0 Å². The van der Waals surface area contributed by atoms with Gasteiger partial charge in [-0.3, -0.25) is 4.79 Å². The summed E-state index contributed by atoms with van der Waals surface area (Å²) < 4.78 is 5.48. The number of amides is 1. The molecule has 0 spiro atoms. The molecule has 2 rings (SSSR count). The largest absolute Gasteiger partial charge is 0.482 e. The van der Waals surface area contributed by atoms with Crippen molar-refractivity contribution in [3.8, 4) is 5.75 Å². The summed E-state index contributed by atoms with van der Waals surface area (Å²) in [6.45, 7) is 5.61. The summed E-state index contributed by atoms with van der Waals surface area (Å²) >= 11 is 5.98. The minimum atomic E-state index is 0.000111. The summed E-state index contributed by atoms with van der Waals surface area (Å²) in [6, 6.07) is 7.80. The van der Waals surface area contributed by atoms with Crippen LogP contribution >= 0.6 is 11.6 Å². The van der Waals surface area contributed by atoms with Crippen molar-refractivity contribution in [2.75, 3.05) is 19.7 Å². The van der Waals surface area contributed by atoms with Crippen LogP contribution in [0, 0.1) is 0 Å². The zero-order valence-electron chi connectivity index (χ0n) is 11.2. The van der Waals surface area contributed by atoms with Crippen LogP contribution in [0.3, 0.4) is 0 Å². The number of hydrogen-bond donors (Lipinski definition) is 1. The number of ether oxygens (including phenoxy) is 1. The molecule has 0 aliphatic carbocycles. The first kappa shape index (κ1) is 14.2. The Balaban J connectivity index is 1.89. The molecular formula is C14H19ClN2O2. The lowest BCUT2D eigenvalue weighted by atomic mass is 10.1. The number of rotatable bonds is 3. The van der Waals surface area contributed by atoms with Gasteiger partial charge in [0, 0.05) is 25.2 Å². The van der Waals surface area contributed by atoms with E-state index in [-0.39, 0.29) is 12.5 Å². The Morgan fingerprint density at radius 2 is 2.00 bits per heavy atom. The number of halogens is 1. The zero-order chi connectivity index (χ0) is 13.8. The number of carbonyl (C=O) groups is 1. The van der Waals surface area contributed by atoms with Gasteiger partial charge < -0.3 is 15.0 Å². The molecule has 1 heterocycles. The molecule has 1 aromatic rings. The van der Waals surface area contributed by atoms with E-state index >= 15 is 0 Å². The highest BCUT2D eigenvalue weighted by atomic mass is 35.5. The SMILES string of the molecule is C[C@@H]1CN(C(=O)COc2ccccc2Cl)C[C@@H](C)N1. The van der Waals surface area contributed by atoms with E-state index < -0.39 is 0 Å². The molecule has 1 fully saturated rings. The summed E-state index contributed by atoms with van der Waals surface area (Å²) in [5.74, 6) is 0.550. The van der Waals surface area contributed by atoms with Crippen molar-refractivity contribution >= 4 is 17.5 Å². The molecule has 0 aromatic heterocycles. The number of piperazine rings is 1. The van der Waals surface area contributed by atoms with Gasteiger partial charge >= 0.3 is 0 Å². The first-order chi connectivity index (χ1) is 9.06. The standard InChI is InChI=1S/C14H19ClN2O2/c1-10-7-17(8-11(2)16-10)14(18)9-19-13-6-4-3-5-12(13)15/h3-6,10-11,16H,7-9H2,1-2H3/t10-,11-/m1/s1. The van der Waals surface area contributed by atoms with Crippen molar-refractivity contribution in [1.82, 2.24) is 10.2 Å². The molecule has 104 valence electrons. The van der Waals surface area contributed by atoms with E-state index in [9.17, 15) is 4.79 Å². The van der Waals surface area contributed by atoms with Gasteiger partial charge in [-0.05, 0) is 26.0 Å². The van der Waals surface area contributed by atoms with Gasteiger partial charge in [-0.25, -0.2) is 0 Å². The fourth-order valence-corrected chi connectivity index (χ4v) is 2.51. The Bertz CT molecular complexity index is 443. The predicted octanol–water partition coefficient (Wildman–Crippen LogP) is 1.93. The fourth-order valence-electron chi connectivity index (χ4n) is 2.32. The number of carbonyl (C=O) groups excluding carboxylic acids is 1. The normalized spacial score (nSPS) is 23.2. The molecule has 5 heteroatoms. The zero-order valence-corrected chi connectivity index (χ0v) is 12.0. The van der Waals surface area contributed by atoms with Crippen LogP contribution in [0.2, 0.25) is 5.02 Å². The van der Waals surface area contributed by atoms with Gasteiger partial charge in [0.25, 0.3) is 5.91 Å². The average Bonchev–Trinajstić information content (AvgIpc) is 2.36. The van der Waals surface area contributed by atoms with Crippen LogP contribution < -0.4 is 10.1 Å². The van der Waals surface area contributed by atoms with E-state index in [1.807, 2.05) is 17.0 Å². The summed E-state index contributed by atoms with van der Waals surface area (Å²) in [7, 11) is 0. The van der Waals surface area contributed by atoms with Gasteiger partial charge in [0.2, 0.25) is 0 Å². The Labute approximate surface area is 118 Å².